The minimum atomic E-state index is -0.699. The van der Waals surface area contributed by atoms with Gasteiger partial charge in [0.05, 0.1) is 0 Å². The quantitative estimate of drug-likeness (QED) is 0.690. The van der Waals surface area contributed by atoms with Gasteiger partial charge in [0.25, 0.3) is 11.8 Å². The van der Waals surface area contributed by atoms with Gasteiger partial charge in [-0.05, 0) is 56.3 Å². The minimum absolute atomic E-state index is 0. The number of carbonyl (C=O) groups is 2. The van der Waals surface area contributed by atoms with Gasteiger partial charge < -0.3 is 21.1 Å². The summed E-state index contributed by atoms with van der Waals surface area (Å²) < 4.78 is 6.96. The Bertz CT molecular complexity index is 727. The lowest BCUT2D eigenvalue weighted by Gasteiger charge is -2.36. The van der Waals surface area contributed by atoms with E-state index in [1.807, 2.05) is 12.3 Å². The molecule has 0 aliphatic carbocycles. The van der Waals surface area contributed by atoms with Crippen molar-refractivity contribution in [2.75, 3.05) is 25.0 Å². The van der Waals surface area contributed by atoms with Crippen molar-refractivity contribution in [2.45, 2.75) is 18.4 Å². The number of benzene rings is 1. The highest BCUT2D eigenvalue weighted by molar-refractivity contribution is 5.96. The third-order valence-electron chi connectivity index (χ3n) is 4.29. The molecule has 3 rings (SSSR count). The van der Waals surface area contributed by atoms with Crippen LogP contribution in [0.2, 0.25) is 0 Å². The Kier molecular flexibility index (Phi) is 6.59. The average molecular weight is 380 g/mol. The lowest BCUT2D eigenvalue weighted by molar-refractivity contribution is -0.126. The predicted molar refractivity (Wildman–Crippen MR) is 99.3 cm³/mol. The SMILES string of the molecule is Cl.NC(=O)COc1ccc(NC(=O)C2(n3cccn3)CCNCC2)cc1. The number of primary amides is 1. The average Bonchev–Trinajstić information content (AvgIpc) is 3.17. The Morgan fingerprint density at radius 1 is 1.27 bits per heavy atom. The number of amides is 2. The molecular weight excluding hydrogens is 358 g/mol. The lowest BCUT2D eigenvalue weighted by Crippen LogP contribution is -2.52. The molecule has 1 fully saturated rings. The van der Waals surface area contributed by atoms with E-state index in [1.165, 1.54) is 0 Å². The number of aromatic nitrogens is 2. The Hall–Kier alpha value is -2.58. The summed E-state index contributed by atoms with van der Waals surface area (Å²) in [6.45, 7) is 1.33. The van der Waals surface area contributed by atoms with Crippen molar-refractivity contribution >= 4 is 29.9 Å². The standard InChI is InChI=1S/C17H21N5O3.ClH/c18-15(23)12-25-14-4-2-13(3-5-14)21-16(24)17(6-9-19-10-7-17)22-11-1-8-20-22;/h1-5,8,11,19H,6-7,9-10,12H2,(H2,18,23)(H,21,24);1H. The van der Waals surface area contributed by atoms with Gasteiger partial charge in [-0.3, -0.25) is 14.3 Å². The molecule has 2 aromatic rings. The zero-order chi connectivity index (χ0) is 17.7. The van der Waals surface area contributed by atoms with Crippen LogP contribution in [0.3, 0.4) is 0 Å². The summed E-state index contributed by atoms with van der Waals surface area (Å²) in [5, 5.41) is 10.5. The first-order valence-electron chi connectivity index (χ1n) is 8.14. The number of hydrogen-bond acceptors (Lipinski definition) is 5. The summed E-state index contributed by atoms with van der Waals surface area (Å²) in [6.07, 6.45) is 4.84. The number of piperidine rings is 1. The van der Waals surface area contributed by atoms with Crippen molar-refractivity contribution in [3.05, 3.63) is 42.7 Å². The largest absolute Gasteiger partial charge is 0.484 e. The minimum Gasteiger partial charge on any atom is -0.484 e. The Morgan fingerprint density at radius 2 is 1.96 bits per heavy atom. The fourth-order valence-corrected chi connectivity index (χ4v) is 2.96. The number of hydrogen-bond donors (Lipinski definition) is 3. The van der Waals surface area contributed by atoms with E-state index in [9.17, 15) is 9.59 Å². The van der Waals surface area contributed by atoms with E-state index in [0.29, 0.717) is 24.3 Å². The van der Waals surface area contributed by atoms with Crippen LogP contribution in [0.4, 0.5) is 5.69 Å². The number of nitrogens with zero attached hydrogens (tertiary/aromatic N) is 2. The second kappa shape index (κ2) is 8.68. The molecular formula is C17H22ClN5O3. The molecule has 1 aliphatic rings. The zero-order valence-electron chi connectivity index (χ0n) is 14.2. The number of ether oxygens (including phenoxy) is 1. The number of anilines is 1. The van der Waals surface area contributed by atoms with Crippen molar-refractivity contribution in [3.8, 4) is 5.75 Å². The number of rotatable bonds is 6. The van der Waals surface area contributed by atoms with Crippen molar-refractivity contribution in [2.24, 2.45) is 5.73 Å². The van der Waals surface area contributed by atoms with E-state index in [1.54, 1.807) is 35.1 Å². The van der Waals surface area contributed by atoms with Gasteiger partial charge >= 0.3 is 0 Å². The molecule has 0 saturated carbocycles. The smallest absolute Gasteiger partial charge is 0.255 e. The zero-order valence-corrected chi connectivity index (χ0v) is 15.0. The monoisotopic (exact) mass is 379 g/mol. The van der Waals surface area contributed by atoms with E-state index >= 15 is 0 Å². The van der Waals surface area contributed by atoms with Gasteiger partial charge in [-0.25, -0.2) is 0 Å². The summed E-state index contributed by atoms with van der Waals surface area (Å²) >= 11 is 0. The van der Waals surface area contributed by atoms with Crippen molar-refractivity contribution in [1.29, 1.82) is 0 Å². The first kappa shape index (κ1) is 19.7. The maximum atomic E-state index is 13.0. The molecule has 140 valence electrons. The van der Waals surface area contributed by atoms with Crippen LogP contribution >= 0.6 is 12.4 Å². The molecule has 4 N–H and O–H groups in total. The Morgan fingerprint density at radius 3 is 2.54 bits per heavy atom. The molecule has 2 heterocycles. The van der Waals surface area contributed by atoms with Crippen LogP contribution in [0.1, 0.15) is 12.8 Å². The van der Waals surface area contributed by atoms with Gasteiger partial charge in [-0.15, -0.1) is 12.4 Å². The molecule has 1 aromatic heterocycles. The third kappa shape index (κ3) is 4.33. The summed E-state index contributed by atoms with van der Waals surface area (Å²) in [5.41, 5.74) is 5.00. The van der Waals surface area contributed by atoms with Crippen LogP contribution in [0.5, 0.6) is 5.75 Å². The molecule has 1 aliphatic heterocycles. The molecule has 0 spiro atoms. The Balaban J connectivity index is 0.00000243. The summed E-state index contributed by atoms with van der Waals surface area (Å²) in [5.74, 6) is -0.117. The van der Waals surface area contributed by atoms with Crippen molar-refractivity contribution < 1.29 is 14.3 Å². The molecule has 9 heteroatoms. The van der Waals surface area contributed by atoms with Crippen LogP contribution in [0, 0.1) is 0 Å². The van der Waals surface area contributed by atoms with Crippen LogP contribution in [0.15, 0.2) is 42.7 Å². The molecule has 0 bridgehead atoms. The number of carbonyl (C=O) groups excluding carboxylic acids is 2. The highest BCUT2D eigenvalue weighted by Crippen LogP contribution is 2.29. The van der Waals surface area contributed by atoms with Gasteiger partial charge in [0.15, 0.2) is 6.61 Å². The first-order valence-corrected chi connectivity index (χ1v) is 8.14. The lowest BCUT2D eigenvalue weighted by atomic mass is 9.87. The molecule has 0 atom stereocenters. The topological polar surface area (TPSA) is 111 Å². The Labute approximate surface area is 157 Å². The fraction of sp³-hybridized carbons (Fsp3) is 0.353. The van der Waals surface area contributed by atoms with E-state index in [2.05, 4.69) is 15.7 Å². The third-order valence-corrected chi connectivity index (χ3v) is 4.29. The predicted octanol–water partition coefficient (Wildman–Crippen LogP) is 0.886. The molecule has 26 heavy (non-hydrogen) atoms. The first-order chi connectivity index (χ1) is 12.1. The highest BCUT2D eigenvalue weighted by Gasteiger charge is 2.42. The summed E-state index contributed by atoms with van der Waals surface area (Å²) in [6, 6.07) is 8.64. The van der Waals surface area contributed by atoms with E-state index in [4.69, 9.17) is 10.5 Å². The fourth-order valence-electron chi connectivity index (χ4n) is 2.96. The van der Waals surface area contributed by atoms with Gasteiger partial charge in [0.2, 0.25) is 0 Å². The maximum absolute atomic E-state index is 13.0. The molecule has 0 radical (unpaired) electrons. The summed E-state index contributed by atoms with van der Waals surface area (Å²) in [4.78, 5) is 23.7. The second-order valence-electron chi connectivity index (χ2n) is 5.97. The molecule has 1 saturated heterocycles. The van der Waals surface area contributed by atoms with Crippen LogP contribution in [-0.4, -0.2) is 41.3 Å². The van der Waals surface area contributed by atoms with Gasteiger partial charge in [0, 0.05) is 18.1 Å². The summed E-state index contributed by atoms with van der Waals surface area (Å²) in [7, 11) is 0. The normalized spacial score (nSPS) is 15.5. The maximum Gasteiger partial charge on any atom is 0.255 e. The number of halogens is 1. The molecule has 2 amide bonds. The van der Waals surface area contributed by atoms with E-state index < -0.39 is 11.4 Å². The van der Waals surface area contributed by atoms with Gasteiger partial charge in [-0.2, -0.15) is 5.10 Å². The highest BCUT2D eigenvalue weighted by atomic mass is 35.5. The van der Waals surface area contributed by atoms with E-state index in [-0.39, 0.29) is 24.9 Å². The van der Waals surface area contributed by atoms with Crippen molar-refractivity contribution in [1.82, 2.24) is 15.1 Å². The molecule has 1 aromatic carbocycles. The molecule has 0 unspecified atom stereocenters. The van der Waals surface area contributed by atoms with Crippen LogP contribution in [0.25, 0.3) is 0 Å². The van der Waals surface area contributed by atoms with E-state index in [0.717, 1.165) is 13.1 Å². The van der Waals surface area contributed by atoms with Gasteiger partial charge in [-0.1, -0.05) is 0 Å². The van der Waals surface area contributed by atoms with Crippen molar-refractivity contribution in [3.63, 3.8) is 0 Å². The number of nitrogens with one attached hydrogen (secondary N) is 2. The molecule has 8 nitrogen and oxygen atoms in total. The second-order valence-corrected chi connectivity index (χ2v) is 5.97. The van der Waals surface area contributed by atoms with Crippen LogP contribution < -0.4 is 21.1 Å². The van der Waals surface area contributed by atoms with Gasteiger partial charge in [0.1, 0.15) is 11.3 Å². The van der Waals surface area contributed by atoms with Crippen LogP contribution in [-0.2, 0) is 15.1 Å². The number of nitrogens with two attached hydrogens (primary N) is 1.